The Morgan fingerprint density at radius 2 is 2.25 bits per heavy atom. The van der Waals surface area contributed by atoms with Gasteiger partial charge in [0.1, 0.15) is 0 Å². The third kappa shape index (κ3) is 2.71. The molecular weight excluding hydrogens is 204 g/mol. The molecule has 88 valence electrons. The fraction of sp³-hybridized carbons (Fsp3) is 0.583. The molecular formula is C12H18N2O2. The lowest BCUT2D eigenvalue weighted by atomic mass is 9.89. The molecule has 1 saturated carbocycles. The van der Waals surface area contributed by atoms with E-state index in [-0.39, 0.29) is 0 Å². The van der Waals surface area contributed by atoms with Gasteiger partial charge in [-0.1, -0.05) is 0 Å². The SMILES string of the molecule is COc1cc(CNC2CC(OC)C2)ccn1. The fourth-order valence-electron chi connectivity index (χ4n) is 1.86. The first kappa shape index (κ1) is 11.4. The van der Waals surface area contributed by atoms with E-state index in [4.69, 9.17) is 9.47 Å². The molecule has 1 aromatic heterocycles. The lowest BCUT2D eigenvalue weighted by Crippen LogP contribution is -2.44. The second-order valence-corrected chi connectivity index (χ2v) is 4.11. The highest BCUT2D eigenvalue weighted by Crippen LogP contribution is 2.22. The maximum absolute atomic E-state index is 5.23. The number of pyridine rings is 1. The van der Waals surface area contributed by atoms with E-state index in [9.17, 15) is 0 Å². The van der Waals surface area contributed by atoms with Crippen LogP contribution in [0.25, 0.3) is 0 Å². The van der Waals surface area contributed by atoms with Crippen molar-refractivity contribution in [2.45, 2.75) is 31.5 Å². The van der Waals surface area contributed by atoms with Crippen LogP contribution < -0.4 is 10.1 Å². The van der Waals surface area contributed by atoms with Gasteiger partial charge in [0.15, 0.2) is 0 Å². The Kier molecular flexibility index (Phi) is 3.74. The number of hydrogen-bond donors (Lipinski definition) is 1. The van der Waals surface area contributed by atoms with Gasteiger partial charge >= 0.3 is 0 Å². The summed E-state index contributed by atoms with van der Waals surface area (Å²) in [7, 11) is 3.41. The largest absolute Gasteiger partial charge is 0.481 e. The molecule has 16 heavy (non-hydrogen) atoms. The van der Waals surface area contributed by atoms with E-state index < -0.39 is 0 Å². The minimum Gasteiger partial charge on any atom is -0.481 e. The van der Waals surface area contributed by atoms with Crippen LogP contribution in [0.5, 0.6) is 5.88 Å². The van der Waals surface area contributed by atoms with Gasteiger partial charge in [-0.2, -0.15) is 0 Å². The summed E-state index contributed by atoms with van der Waals surface area (Å²) >= 11 is 0. The van der Waals surface area contributed by atoms with Crippen molar-refractivity contribution in [3.63, 3.8) is 0 Å². The molecule has 0 unspecified atom stereocenters. The molecule has 1 heterocycles. The first-order valence-electron chi connectivity index (χ1n) is 5.57. The van der Waals surface area contributed by atoms with E-state index in [1.54, 1.807) is 20.4 Å². The van der Waals surface area contributed by atoms with Gasteiger partial charge in [-0.3, -0.25) is 0 Å². The Labute approximate surface area is 96.0 Å². The van der Waals surface area contributed by atoms with Gasteiger partial charge in [0, 0.05) is 32.0 Å². The number of methoxy groups -OCH3 is 2. The second-order valence-electron chi connectivity index (χ2n) is 4.11. The van der Waals surface area contributed by atoms with Gasteiger partial charge in [-0.25, -0.2) is 4.98 Å². The summed E-state index contributed by atoms with van der Waals surface area (Å²) in [6.45, 7) is 0.861. The Morgan fingerprint density at radius 3 is 2.94 bits per heavy atom. The van der Waals surface area contributed by atoms with E-state index in [0.29, 0.717) is 18.0 Å². The number of nitrogens with one attached hydrogen (secondary N) is 1. The molecule has 0 spiro atoms. The standard InChI is InChI=1S/C12H18N2O2/c1-15-11-6-10(7-11)14-8-9-3-4-13-12(5-9)16-2/h3-5,10-11,14H,6-8H2,1-2H3. The highest BCUT2D eigenvalue weighted by atomic mass is 16.5. The van der Waals surface area contributed by atoms with Crippen molar-refractivity contribution in [2.24, 2.45) is 0 Å². The van der Waals surface area contributed by atoms with Gasteiger partial charge in [0.2, 0.25) is 5.88 Å². The number of ether oxygens (including phenoxy) is 2. The third-order valence-electron chi connectivity index (χ3n) is 3.03. The normalized spacial score (nSPS) is 23.9. The van der Waals surface area contributed by atoms with Crippen LogP contribution in [0.2, 0.25) is 0 Å². The smallest absolute Gasteiger partial charge is 0.213 e. The molecule has 0 atom stereocenters. The van der Waals surface area contributed by atoms with Gasteiger partial charge in [0.05, 0.1) is 13.2 Å². The fourth-order valence-corrected chi connectivity index (χ4v) is 1.86. The molecule has 0 aromatic carbocycles. The number of nitrogens with zero attached hydrogens (tertiary/aromatic N) is 1. The molecule has 1 N–H and O–H groups in total. The van der Waals surface area contributed by atoms with Crippen molar-refractivity contribution < 1.29 is 9.47 Å². The van der Waals surface area contributed by atoms with E-state index in [0.717, 1.165) is 19.4 Å². The summed E-state index contributed by atoms with van der Waals surface area (Å²) in [5, 5.41) is 3.49. The van der Waals surface area contributed by atoms with Gasteiger partial charge < -0.3 is 14.8 Å². The highest BCUT2D eigenvalue weighted by molar-refractivity contribution is 5.20. The van der Waals surface area contributed by atoms with Gasteiger partial charge in [0.25, 0.3) is 0 Å². The van der Waals surface area contributed by atoms with Crippen LogP contribution in [0, 0.1) is 0 Å². The topological polar surface area (TPSA) is 43.4 Å². The zero-order valence-corrected chi connectivity index (χ0v) is 9.77. The Balaban J connectivity index is 1.77. The van der Waals surface area contributed by atoms with Crippen LogP contribution in [-0.2, 0) is 11.3 Å². The maximum Gasteiger partial charge on any atom is 0.213 e. The zero-order chi connectivity index (χ0) is 11.4. The highest BCUT2D eigenvalue weighted by Gasteiger charge is 2.28. The predicted octanol–water partition coefficient (Wildman–Crippen LogP) is 1.36. The number of hydrogen-bond acceptors (Lipinski definition) is 4. The van der Waals surface area contributed by atoms with Crippen LogP contribution in [-0.4, -0.2) is 31.3 Å². The van der Waals surface area contributed by atoms with Crippen LogP contribution >= 0.6 is 0 Å². The van der Waals surface area contributed by atoms with Gasteiger partial charge in [-0.05, 0) is 24.5 Å². The molecule has 0 radical (unpaired) electrons. The Hall–Kier alpha value is -1.13. The third-order valence-corrected chi connectivity index (χ3v) is 3.03. The monoisotopic (exact) mass is 222 g/mol. The summed E-state index contributed by atoms with van der Waals surface area (Å²) in [6, 6.07) is 4.55. The predicted molar refractivity (Wildman–Crippen MR) is 61.4 cm³/mol. The Morgan fingerprint density at radius 1 is 1.44 bits per heavy atom. The second kappa shape index (κ2) is 5.27. The first-order chi connectivity index (χ1) is 7.81. The van der Waals surface area contributed by atoms with Crippen LogP contribution in [0.15, 0.2) is 18.3 Å². The summed E-state index contributed by atoms with van der Waals surface area (Å²) in [6.07, 6.45) is 4.44. The van der Waals surface area contributed by atoms with E-state index in [1.807, 2.05) is 12.1 Å². The van der Waals surface area contributed by atoms with Crippen molar-refractivity contribution in [1.29, 1.82) is 0 Å². The molecule has 0 aliphatic heterocycles. The molecule has 1 aromatic rings. The molecule has 0 saturated heterocycles. The van der Waals surface area contributed by atoms with Crippen molar-refractivity contribution in [1.82, 2.24) is 10.3 Å². The molecule has 1 aliphatic carbocycles. The summed E-state index contributed by atoms with van der Waals surface area (Å²) in [4.78, 5) is 4.07. The van der Waals surface area contributed by atoms with Crippen LogP contribution in [0.1, 0.15) is 18.4 Å². The quantitative estimate of drug-likeness (QED) is 0.817. The van der Waals surface area contributed by atoms with Crippen molar-refractivity contribution in [3.8, 4) is 5.88 Å². The average molecular weight is 222 g/mol. The van der Waals surface area contributed by atoms with Crippen LogP contribution in [0.4, 0.5) is 0 Å². The lowest BCUT2D eigenvalue weighted by molar-refractivity contribution is 0.0170. The minimum atomic E-state index is 0.449. The number of rotatable bonds is 5. The molecule has 4 heteroatoms. The summed E-state index contributed by atoms with van der Waals surface area (Å²) in [5.41, 5.74) is 1.20. The van der Waals surface area contributed by atoms with E-state index in [2.05, 4.69) is 10.3 Å². The van der Waals surface area contributed by atoms with E-state index in [1.165, 1.54) is 5.56 Å². The van der Waals surface area contributed by atoms with Crippen molar-refractivity contribution >= 4 is 0 Å². The van der Waals surface area contributed by atoms with E-state index >= 15 is 0 Å². The number of aromatic nitrogens is 1. The minimum absolute atomic E-state index is 0.449. The zero-order valence-electron chi connectivity index (χ0n) is 9.77. The molecule has 0 bridgehead atoms. The van der Waals surface area contributed by atoms with Gasteiger partial charge in [-0.15, -0.1) is 0 Å². The molecule has 0 amide bonds. The Bertz CT molecular complexity index is 338. The maximum atomic E-state index is 5.23. The summed E-state index contributed by atoms with van der Waals surface area (Å²) in [5.74, 6) is 0.669. The molecule has 1 fully saturated rings. The summed E-state index contributed by atoms with van der Waals surface area (Å²) < 4.78 is 10.3. The van der Waals surface area contributed by atoms with Crippen LogP contribution in [0.3, 0.4) is 0 Å². The first-order valence-corrected chi connectivity index (χ1v) is 5.57. The molecule has 2 rings (SSSR count). The lowest BCUT2D eigenvalue weighted by Gasteiger charge is -2.34. The molecule has 4 nitrogen and oxygen atoms in total. The van der Waals surface area contributed by atoms with Crippen molar-refractivity contribution in [2.75, 3.05) is 14.2 Å². The van der Waals surface area contributed by atoms with Crippen molar-refractivity contribution in [3.05, 3.63) is 23.9 Å². The molecule has 1 aliphatic rings. The average Bonchev–Trinajstić information content (AvgIpc) is 2.28.